The molecule has 0 amide bonds. The number of rotatable bonds is 2. The Morgan fingerprint density at radius 2 is 1.78 bits per heavy atom. The number of fused-ring (bicyclic) bond motifs is 2. The Kier molecular flexibility index (Phi) is 4.57. The first kappa shape index (κ1) is 22.0. The van der Waals surface area contributed by atoms with E-state index in [1.54, 1.807) is 0 Å². The van der Waals surface area contributed by atoms with Crippen molar-refractivity contribution in [1.29, 1.82) is 0 Å². The molecule has 2 spiro atoms. The molecule has 0 aromatic carbocycles. The SMILES string of the molecule is C=C1C(=O)[C@]23[C@H](O)[C@H]1C[C@H](OC(C)=O)[C@H]2[C@@]12[C@H](O)O[C@@H]3C[C@@H]1C(C)(C)CC[C@H]2OC(C)=O. The van der Waals surface area contributed by atoms with Crippen molar-refractivity contribution < 1.29 is 38.8 Å². The van der Waals surface area contributed by atoms with Crippen LogP contribution in [0.4, 0.5) is 0 Å². The topological polar surface area (TPSA) is 119 Å². The van der Waals surface area contributed by atoms with Gasteiger partial charge in [-0.2, -0.15) is 0 Å². The number of Topliss-reactive ketones (excluding diaryl/α,β-unsaturated/α-hetero) is 1. The zero-order valence-corrected chi connectivity index (χ0v) is 19.0. The van der Waals surface area contributed by atoms with Crippen LogP contribution >= 0.6 is 0 Å². The third-order valence-electron chi connectivity index (χ3n) is 9.40. The quantitative estimate of drug-likeness (QED) is 0.482. The molecule has 2 N–H and O–H groups in total. The highest BCUT2D eigenvalue weighted by Crippen LogP contribution is 2.75. The number of carbonyl (C=O) groups excluding carboxylic acids is 3. The van der Waals surface area contributed by atoms with Crippen molar-refractivity contribution in [2.45, 2.75) is 84.1 Å². The van der Waals surface area contributed by atoms with Gasteiger partial charge in [-0.3, -0.25) is 14.4 Å². The van der Waals surface area contributed by atoms with Gasteiger partial charge in [-0.05, 0) is 42.6 Å². The summed E-state index contributed by atoms with van der Waals surface area (Å²) in [5.41, 5.74) is -2.52. The van der Waals surface area contributed by atoms with Crippen LogP contribution in [0.3, 0.4) is 0 Å². The van der Waals surface area contributed by atoms with Gasteiger partial charge in [-0.1, -0.05) is 20.4 Å². The summed E-state index contributed by atoms with van der Waals surface area (Å²) in [4.78, 5) is 38.0. The lowest BCUT2D eigenvalue weighted by Crippen LogP contribution is -2.81. The molecule has 10 atom stereocenters. The molecular weight excluding hydrogens is 416 g/mol. The van der Waals surface area contributed by atoms with Gasteiger partial charge in [0.05, 0.1) is 23.0 Å². The van der Waals surface area contributed by atoms with Gasteiger partial charge in [0.2, 0.25) is 0 Å². The summed E-state index contributed by atoms with van der Waals surface area (Å²) in [5, 5.41) is 23.0. The molecule has 0 aromatic rings. The molecule has 8 heteroatoms. The Morgan fingerprint density at radius 1 is 1.12 bits per heavy atom. The lowest BCUT2D eigenvalue weighted by Gasteiger charge is -2.73. The van der Waals surface area contributed by atoms with Crippen LogP contribution in [-0.4, -0.2) is 58.6 Å². The highest BCUT2D eigenvalue weighted by Gasteiger charge is 2.84. The largest absolute Gasteiger partial charge is 0.462 e. The predicted molar refractivity (Wildman–Crippen MR) is 110 cm³/mol. The van der Waals surface area contributed by atoms with Crippen LogP contribution < -0.4 is 0 Å². The maximum absolute atomic E-state index is 13.8. The molecule has 8 nitrogen and oxygen atoms in total. The fourth-order valence-corrected chi connectivity index (χ4v) is 8.46. The second-order valence-corrected chi connectivity index (χ2v) is 11.1. The Balaban J connectivity index is 1.79. The standard InChI is InChI=1S/C24H32O8/c1-10-13-8-14(30-11(2)25)18-23-15(22(4,5)7-6-16(23)31-12(3)26)9-17(32-21(23)29)24(18,19(10)27)20(13)28/h13-18,20-21,28-29H,1,6-9H2,2-5H3/t13-,14-,15+,16+,17+,18-,20+,21+,23+,24+/m0/s1. The summed E-state index contributed by atoms with van der Waals surface area (Å²) in [6.07, 6.45) is -2.69. The van der Waals surface area contributed by atoms with Gasteiger partial charge in [0, 0.05) is 25.7 Å². The molecule has 4 aliphatic carbocycles. The fraction of sp³-hybridized carbons (Fsp3) is 0.792. The highest BCUT2D eigenvalue weighted by atomic mass is 16.6. The summed E-state index contributed by atoms with van der Waals surface area (Å²) in [5.74, 6) is -2.73. The zero-order chi connectivity index (χ0) is 23.4. The summed E-state index contributed by atoms with van der Waals surface area (Å²) < 4.78 is 17.7. The zero-order valence-electron chi connectivity index (χ0n) is 19.0. The van der Waals surface area contributed by atoms with E-state index < -0.39 is 65.3 Å². The average Bonchev–Trinajstić information content (AvgIpc) is 2.80. The van der Waals surface area contributed by atoms with Crippen LogP contribution in [0.1, 0.15) is 53.4 Å². The molecule has 2 aliphatic heterocycles. The molecule has 4 bridgehead atoms. The van der Waals surface area contributed by atoms with E-state index in [0.717, 1.165) is 6.42 Å². The Morgan fingerprint density at radius 3 is 2.41 bits per heavy atom. The van der Waals surface area contributed by atoms with E-state index in [2.05, 4.69) is 20.4 Å². The second kappa shape index (κ2) is 6.64. The molecule has 2 saturated heterocycles. The summed E-state index contributed by atoms with van der Waals surface area (Å²) in [7, 11) is 0. The highest BCUT2D eigenvalue weighted by molar-refractivity contribution is 6.05. The Bertz CT molecular complexity index is 910. The van der Waals surface area contributed by atoms with Crippen LogP contribution in [0.5, 0.6) is 0 Å². The van der Waals surface area contributed by atoms with Gasteiger partial charge >= 0.3 is 11.9 Å². The molecule has 32 heavy (non-hydrogen) atoms. The lowest BCUT2D eigenvalue weighted by atomic mass is 9.36. The maximum atomic E-state index is 13.8. The van der Waals surface area contributed by atoms with Gasteiger partial charge in [0.25, 0.3) is 0 Å². The van der Waals surface area contributed by atoms with Crippen molar-refractivity contribution in [3.05, 3.63) is 12.2 Å². The second-order valence-electron chi connectivity index (χ2n) is 11.1. The van der Waals surface area contributed by atoms with Crippen LogP contribution in [-0.2, 0) is 28.6 Å². The minimum atomic E-state index is -1.39. The molecule has 176 valence electrons. The Hall–Kier alpha value is -1.77. The third-order valence-corrected chi connectivity index (χ3v) is 9.40. The van der Waals surface area contributed by atoms with Crippen molar-refractivity contribution in [2.75, 3.05) is 0 Å². The van der Waals surface area contributed by atoms with E-state index in [1.165, 1.54) is 13.8 Å². The first-order chi connectivity index (χ1) is 14.9. The molecule has 6 aliphatic rings. The van der Waals surface area contributed by atoms with Gasteiger partial charge in [0.1, 0.15) is 12.2 Å². The van der Waals surface area contributed by atoms with Crippen molar-refractivity contribution in [3.8, 4) is 0 Å². The van der Waals surface area contributed by atoms with E-state index in [4.69, 9.17) is 14.2 Å². The number of hydrogen-bond donors (Lipinski definition) is 2. The van der Waals surface area contributed by atoms with Crippen LogP contribution in [0, 0.1) is 34.0 Å². The minimum Gasteiger partial charge on any atom is -0.462 e. The molecule has 0 unspecified atom stereocenters. The minimum absolute atomic E-state index is 0.166. The fourth-order valence-electron chi connectivity index (χ4n) is 8.46. The predicted octanol–water partition coefficient (Wildman–Crippen LogP) is 1.52. The third kappa shape index (κ3) is 2.36. The first-order valence-electron chi connectivity index (χ1n) is 11.5. The van der Waals surface area contributed by atoms with E-state index in [-0.39, 0.29) is 23.5 Å². The summed E-state index contributed by atoms with van der Waals surface area (Å²) in [6.45, 7) is 10.8. The molecule has 0 radical (unpaired) electrons. The molecule has 2 heterocycles. The number of esters is 2. The summed E-state index contributed by atoms with van der Waals surface area (Å²) in [6, 6.07) is 0. The van der Waals surface area contributed by atoms with E-state index in [0.29, 0.717) is 18.4 Å². The van der Waals surface area contributed by atoms with Gasteiger partial charge in [-0.25, -0.2) is 0 Å². The van der Waals surface area contributed by atoms with Crippen molar-refractivity contribution in [3.63, 3.8) is 0 Å². The first-order valence-corrected chi connectivity index (χ1v) is 11.5. The molecule has 0 aromatic heterocycles. The number of hydrogen-bond acceptors (Lipinski definition) is 8. The monoisotopic (exact) mass is 448 g/mol. The van der Waals surface area contributed by atoms with Crippen molar-refractivity contribution in [2.24, 2.45) is 34.0 Å². The molecule has 6 rings (SSSR count). The van der Waals surface area contributed by atoms with E-state index in [9.17, 15) is 24.6 Å². The van der Waals surface area contributed by atoms with Crippen molar-refractivity contribution >= 4 is 17.7 Å². The number of ketones is 1. The lowest BCUT2D eigenvalue weighted by molar-refractivity contribution is -0.411. The number of aliphatic hydroxyl groups is 2. The van der Waals surface area contributed by atoms with Gasteiger partial charge in [-0.15, -0.1) is 0 Å². The van der Waals surface area contributed by atoms with E-state index >= 15 is 0 Å². The van der Waals surface area contributed by atoms with Crippen LogP contribution in [0.15, 0.2) is 12.2 Å². The van der Waals surface area contributed by atoms with E-state index in [1.807, 2.05) is 0 Å². The number of carbonyl (C=O) groups is 3. The molecular formula is C24H32O8. The molecule has 4 saturated carbocycles. The van der Waals surface area contributed by atoms with Crippen LogP contribution in [0.2, 0.25) is 0 Å². The molecule has 6 fully saturated rings. The van der Waals surface area contributed by atoms with Crippen molar-refractivity contribution in [1.82, 2.24) is 0 Å². The number of aliphatic hydroxyl groups excluding tert-OH is 2. The van der Waals surface area contributed by atoms with Gasteiger partial charge < -0.3 is 24.4 Å². The average molecular weight is 449 g/mol. The normalized spacial score (nSPS) is 50.4. The smallest absolute Gasteiger partial charge is 0.302 e. The van der Waals surface area contributed by atoms with Gasteiger partial charge in [0.15, 0.2) is 12.1 Å². The number of ether oxygens (including phenoxy) is 3. The summed E-state index contributed by atoms with van der Waals surface area (Å²) >= 11 is 0. The maximum Gasteiger partial charge on any atom is 0.302 e. The van der Waals surface area contributed by atoms with Crippen LogP contribution in [0.25, 0.3) is 0 Å². The Labute approximate surface area is 187 Å².